The molecule has 0 unspecified atom stereocenters. The largest absolute Gasteiger partial charge is 0.358 e. The third-order valence-electron chi connectivity index (χ3n) is 8.21. The van der Waals surface area contributed by atoms with Gasteiger partial charge in [-0.25, -0.2) is 0 Å². The molecular weight excluding hydrogens is 410 g/mol. The fraction of sp³-hybridized carbons (Fsp3) is 0.464. The van der Waals surface area contributed by atoms with E-state index in [0.29, 0.717) is 4.75 Å². The lowest BCUT2D eigenvalue weighted by Gasteiger charge is -2.41. The number of anilines is 1. The fourth-order valence-corrected chi connectivity index (χ4v) is 6.95. The predicted molar refractivity (Wildman–Crippen MR) is 135 cm³/mol. The van der Waals surface area contributed by atoms with Gasteiger partial charge < -0.3 is 10.2 Å². The van der Waals surface area contributed by atoms with Gasteiger partial charge in [0, 0.05) is 21.5 Å². The quantitative estimate of drug-likeness (QED) is 0.576. The Morgan fingerprint density at radius 3 is 2.47 bits per heavy atom. The van der Waals surface area contributed by atoms with Crippen LogP contribution in [0.3, 0.4) is 0 Å². The first-order valence-electron chi connectivity index (χ1n) is 12.0. The summed E-state index contributed by atoms with van der Waals surface area (Å²) in [6, 6.07) is 17.8. The third kappa shape index (κ3) is 3.66. The van der Waals surface area contributed by atoms with E-state index in [2.05, 4.69) is 59.5 Å². The van der Waals surface area contributed by atoms with Gasteiger partial charge in [0.25, 0.3) is 0 Å². The summed E-state index contributed by atoms with van der Waals surface area (Å²) in [7, 11) is 0. The Bertz CT molecular complexity index is 1030. The molecule has 0 bridgehead atoms. The van der Waals surface area contributed by atoms with Crippen molar-refractivity contribution in [2.24, 2.45) is 0 Å². The lowest BCUT2D eigenvalue weighted by molar-refractivity contribution is 0.179. The number of allylic oxidation sites excluding steroid dienone is 1. The molecule has 2 aromatic rings. The Hall–Kier alpha value is -2.22. The molecule has 1 saturated carbocycles. The van der Waals surface area contributed by atoms with E-state index in [0.717, 1.165) is 55.8 Å². The number of thioether (sulfide) groups is 1. The van der Waals surface area contributed by atoms with Crippen molar-refractivity contribution in [3.63, 3.8) is 0 Å². The summed E-state index contributed by atoms with van der Waals surface area (Å²) in [6.07, 6.45) is 10.8. The highest BCUT2D eigenvalue weighted by Gasteiger charge is 2.44. The molecule has 2 heterocycles. The molecule has 166 valence electrons. The first kappa shape index (κ1) is 21.6. The van der Waals surface area contributed by atoms with E-state index in [1.807, 2.05) is 23.9 Å². The van der Waals surface area contributed by atoms with Crippen LogP contribution < -0.4 is 5.32 Å². The van der Waals surface area contributed by atoms with Crippen LogP contribution in [0.2, 0.25) is 0 Å². The van der Waals surface area contributed by atoms with Gasteiger partial charge in [0.1, 0.15) is 0 Å². The number of hydrogen-bond donors (Lipinski definition) is 1. The third-order valence-corrected chi connectivity index (χ3v) is 9.63. The SMILES string of the molecule is C=C1Nc2ccc(C#N)cc2C12CCN(CCCc1ccc(C3(SC)CCC3)cc1)CC2. The number of benzene rings is 2. The fourth-order valence-electron chi connectivity index (χ4n) is 5.88. The normalized spacial score (nSPS) is 20.9. The molecule has 0 radical (unpaired) electrons. The monoisotopic (exact) mass is 443 g/mol. The Morgan fingerprint density at radius 2 is 1.84 bits per heavy atom. The number of piperidine rings is 1. The Morgan fingerprint density at radius 1 is 1.09 bits per heavy atom. The van der Waals surface area contributed by atoms with Crippen LogP contribution in [-0.4, -0.2) is 30.8 Å². The van der Waals surface area contributed by atoms with Gasteiger partial charge in [0.2, 0.25) is 0 Å². The van der Waals surface area contributed by atoms with Crippen molar-refractivity contribution in [2.45, 2.75) is 55.1 Å². The molecule has 0 amide bonds. The van der Waals surface area contributed by atoms with Crippen molar-refractivity contribution < 1.29 is 0 Å². The highest BCUT2D eigenvalue weighted by Crippen LogP contribution is 2.51. The summed E-state index contributed by atoms with van der Waals surface area (Å²) in [5.74, 6) is 0. The zero-order chi connectivity index (χ0) is 22.2. The molecule has 1 N–H and O–H groups in total. The molecule has 5 rings (SSSR count). The van der Waals surface area contributed by atoms with Crippen LogP contribution in [-0.2, 0) is 16.6 Å². The average Bonchev–Trinajstić information content (AvgIpc) is 3.06. The molecule has 3 aliphatic rings. The van der Waals surface area contributed by atoms with Crippen molar-refractivity contribution >= 4 is 17.4 Å². The Labute approximate surface area is 196 Å². The average molecular weight is 444 g/mol. The lowest BCUT2D eigenvalue weighted by Crippen LogP contribution is -2.43. The molecule has 1 aliphatic carbocycles. The van der Waals surface area contributed by atoms with Gasteiger partial charge in [-0.15, -0.1) is 0 Å². The van der Waals surface area contributed by atoms with Crippen LogP contribution in [0.5, 0.6) is 0 Å². The zero-order valence-electron chi connectivity index (χ0n) is 19.1. The van der Waals surface area contributed by atoms with Gasteiger partial charge >= 0.3 is 0 Å². The lowest BCUT2D eigenvalue weighted by atomic mass is 9.72. The molecule has 0 aromatic heterocycles. The molecular formula is C28H33N3S. The van der Waals surface area contributed by atoms with Crippen LogP contribution in [0.15, 0.2) is 54.7 Å². The van der Waals surface area contributed by atoms with E-state index in [1.165, 1.54) is 42.4 Å². The summed E-state index contributed by atoms with van der Waals surface area (Å²) in [4.78, 5) is 2.61. The van der Waals surface area contributed by atoms with Crippen molar-refractivity contribution in [3.8, 4) is 6.07 Å². The summed E-state index contributed by atoms with van der Waals surface area (Å²) in [5.41, 5.74) is 7.23. The van der Waals surface area contributed by atoms with Crippen molar-refractivity contribution in [1.82, 2.24) is 4.90 Å². The molecule has 1 spiro atoms. The maximum atomic E-state index is 9.34. The number of likely N-dealkylation sites (tertiary alicyclic amines) is 1. The van der Waals surface area contributed by atoms with E-state index >= 15 is 0 Å². The van der Waals surface area contributed by atoms with E-state index in [1.54, 1.807) is 0 Å². The number of rotatable bonds is 6. The van der Waals surface area contributed by atoms with E-state index in [4.69, 9.17) is 0 Å². The number of nitriles is 1. The number of fused-ring (bicyclic) bond motifs is 2. The summed E-state index contributed by atoms with van der Waals surface area (Å²) in [6.45, 7) is 7.68. The van der Waals surface area contributed by atoms with Gasteiger partial charge in [0.05, 0.1) is 11.6 Å². The summed E-state index contributed by atoms with van der Waals surface area (Å²) >= 11 is 2.03. The second kappa shape index (κ2) is 8.61. The van der Waals surface area contributed by atoms with Crippen LogP contribution >= 0.6 is 11.8 Å². The summed E-state index contributed by atoms with van der Waals surface area (Å²) < 4.78 is 0.397. The Balaban J connectivity index is 1.15. The van der Waals surface area contributed by atoms with Gasteiger partial charge in [-0.1, -0.05) is 37.3 Å². The minimum Gasteiger partial charge on any atom is -0.358 e. The van der Waals surface area contributed by atoms with Crippen molar-refractivity contribution in [2.75, 3.05) is 31.2 Å². The van der Waals surface area contributed by atoms with Crippen LogP contribution in [0.4, 0.5) is 5.69 Å². The number of hydrogen-bond acceptors (Lipinski definition) is 4. The van der Waals surface area contributed by atoms with Crippen molar-refractivity contribution in [1.29, 1.82) is 5.26 Å². The summed E-state index contributed by atoms with van der Waals surface area (Å²) in [5, 5.41) is 12.8. The molecule has 1 saturated heterocycles. The molecule has 32 heavy (non-hydrogen) atoms. The minimum atomic E-state index is -0.0106. The zero-order valence-corrected chi connectivity index (χ0v) is 19.9. The number of nitrogens with zero attached hydrogens (tertiary/aromatic N) is 2. The molecule has 0 atom stereocenters. The van der Waals surface area contributed by atoms with Crippen LogP contribution in [0.25, 0.3) is 0 Å². The molecule has 4 heteroatoms. The predicted octanol–water partition coefficient (Wildman–Crippen LogP) is 6.21. The van der Waals surface area contributed by atoms with E-state index in [-0.39, 0.29) is 5.41 Å². The molecule has 2 aromatic carbocycles. The Kier molecular flexibility index (Phi) is 5.82. The molecule has 2 fully saturated rings. The van der Waals surface area contributed by atoms with Crippen LogP contribution in [0.1, 0.15) is 60.8 Å². The maximum absolute atomic E-state index is 9.34. The highest BCUT2D eigenvalue weighted by atomic mass is 32.2. The molecule has 3 nitrogen and oxygen atoms in total. The molecule has 2 aliphatic heterocycles. The highest BCUT2D eigenvalue weighted by molar-refractivity contribution is 7.99. The van der Waals surface area contributed by atoms with Crippen LogP contribution in [0, 0.1) is 11.3 Å². The number of nitrogens with one attached hydrogen (secondary N) is 1. The van der Waals surface area contributed by atoms with E-state index in [9.17, 15) is 5.26 Å². The van der Waals surface area contributed by atoms with Gasteiger partial charge in [0.15, 0.2) is 0 Å². The second-order valence-electron chi connectivity index (χ2n) is 9.75. The minimum absolute atomic E-state index is 0.0106. The maximum Gasteiger partial charge on any atom is 0.0991 e. The van der Waals surface area contributed by atoms with Gasteiger partial charge in [-0.2, -0.15) is 17.0 Å². The van der Waals surface area contributed by atoms with Crippen molar-refractivity contribution in [3.05, 3.63) is 77.0 Å². The first-order valence-corrected chi connectivity index (χ1v) is 13.2. The topological polar surface area (TPSA) is 39.1 Å². The second-order valence-corrected chi connectivity index (χ2v) is 10.9. The first-order chi connectivity index (χ1) is 15.6. The van der Waals surface area contributed by atoms with Gasteiger partial charge in [-0.3, -0.25) is 0 Å². The van der Waals surface area contributed by atoms with Gasteiger partial charge in [-0.05, 0) is 99.3 Å². The smallest absolute Gasteiger partial charge is 0.0991 e. The standard InChI is InChI=1S/C28H33N3S/c1-21-27(25-19-23(20-29)8-11-26(25)30-21)14-17-31(18-15-27)16-3-5-22-6-9-24(10-7-22)28(32-2)12-4-13-28/h6-11,19,30H,1,3-5,12-18H2,2H3. The van der Waals surface area contributed by atoms with E-state index < -0.39 is 0 Å². The number of aryl methyl sites for hydroxylation is 1.